The van der Waals surface area contributed by atoms with Gasteiger partial charge in [-0.15, -0.1) is 0 Å². The average molecular weight is 278 g/mol. The molecule has 4 rings (SSSR count). The lowest BCUT2D eigenvalue weighted by Gasteiger charge is -2.08. The van der Waals surface area contributed by atoms with E-state index in [-0.39, 0.29) is 0 Å². The minimum absolute atomic E-state index is 0.555. The van der Waals surface area contributed by atoms with Gasteiger partial charge in [-0.1, -0.05) is 24.3 Å². The standard InChI is InChI=1S/C18H14O3/c1-11-6-8-17(20-11)18(19)12-7-9-16-14(10-12)13-4-2-3-5-15(13)21-16/h2-10,18-19H,1H3. The van der Waals surface area contributed by atoms with Crippen LogP contribution < -0.4 is 0 Å². The van der Waals surface area contributed by atoms with Crippen molar-refractivity contribution in [3.8, 4) is 0 Å². The lowest BCUT2D eigenvalue weighted by Crippen LogP contribution is -1.97. The minimum Gasteiger partial charge on any atom is -0.463 e. The highest BCUT2D eigenvalue weighted by molar-refractivity contribution is 6.05. The molecule has 21 heavy (non-hydrogen) atoms. The number of benzene rings is 2. The van der Waals surface area contributed by atoms with Crippen LogP contribution >= 0.6 is 0 Å². The van der Waals surface area contributed by atoms with E-state index in [1.165, 1.54) is 0 Å². The highest BCUT2D eigenvalue weighted by atomic mass is 16.4. The third-order valence-corrected chi connectivity index (χ3v) is 3.75. The second-order valence-electron chi connectivity index (χ2n) is 5.20. The van der Waals surface area contributed by atoms with Crippen LogP contribution in [-0.2, 0) is 0 Å². The molecule has 3 nitrogen and oxygen atoms in total. The van der Waals surface area contributed by atoms with Crippen LogP contribution in [0.3, 0.4) is 0 Å². The number of aliphatic hydroxyl groups excluding tert-OH is 1. The molecule has 4 aromatic rings. The van der Waals surface area contributed by atoms with Gasteiger partial charge >= 0.3 is 0 Å². The normalized spacial score (nSPS) is 13.0. The van der Waals surface area contributed by atoms with Gasteiger partial charge in [0.2, 0.25) is 0 Å². The highest BCUT2D eigenvalue weighted by Crippen LogP contribution is 2.32. The number of fused-ring (bicyclic) bond motifs is 3. The number of furan rings is 2. The lowest BCUT2D eigenvalue weighted by atomic mass is 10.0. The summed E-state index contributed by atoms with van der Waals surface area (Å²) in [6, 6.07) is 17.3. The lowest BCUT2D eigenvalue weighted by molar-refractivity contribution is 0.188. The maximum Gasteiger partial charge on any atom is 0.137 e. The Balaban J connectivity index is 1.88. The van der Waals surface area contributed by atoms with Crippen molar-refractivity contribution in [2.45, 2.75) is 13.0 Å². The van der Waals surface area contributed by atoms with Crippen molar-refractivity contribution in [3.05, 3.63) is 71.7 Å². The Morgan fingerprint density at radius 1 is 0.857 bits per heavy atom. The van der Waals surface area contributed by atoms with Gasteiger partial charge in [0, 0.05) is 10.8 Å². The maximum absolute atomic E-state index is 10.4. The average Bonchev–Trinajstić information content (AvgIpc) is 3.09. The SMILES string of the molecule is Cc1ccc(C(O)c2ccc3oc4ccccc4c3c2)o1. The Kier molecular flexibility index (Phi) is 2.62. The summed E-state index contributed by atoms with van der Waals surface area (Å²) in [4.78, 5) is 0. The van der Waals surface area contributed by atoms with E-state index in [1.807, 2.05) is 55.5 Å². The fourth-order valence-corrected chi connectivity index (χ4v) is 2.68. The molecule has 0 radical (unpaired) electrons. The molecule has 0 spiro atoms. The summed E-state index contributed by atoms with van der Waals surface area (Å²) in [5.74, 6) is 1.35. The predicted molar refractivity (Wildman–Crippen MR) is 81.2 cm³/mol. The molecular weight excluding hydrogens is 264 g/mol. The van der Waals surface area contributed by atoms with Crippen molar-refractivity contribution in [3.63, 3.8) is 0 Å². The van der Waals surface area contributed by atoms with Gasteiger partial charge in [0.25, 0.3) is 0 Å². The summed E-state index contributed by atoms with van der Waals surface area (Å²) in [7, 11) is 0. The molecule has 0 fully saturated rings. The van der Waals surface area contributed by atoms with Crippen molar-refractivity contribution in [2.24, 2.45) is 0 Å². The molecule has 1 atom stereocenters. The molecule has 0 saturated carbocycles. The molecule has 0 aliphatic heterocycles. The monoisotopic (exact) mass is 278 g/mol. The Morgan fingerprint density at radius 2 is 1.67 bits per heavy atom. The molecule has 0 bridgehead atoms. The van der Waals surface area contributed by atoms with E-state index in [1.54, 1.807) is 6.07 Å². The van der Waals surface area contributed by atoms with Crippen LogP contribution in [0.15, 0.2) is 63.4 Å². The van der Waals surface area contributed by atoms with E-state index in [9.17, 15) is 5.11 Å². The summed E-state index contributed by atoms with van der Waals surface area (Å²) in [6.45, 7) is 1.86. The predicted octanol–water partition coefficient (Wildman–Crippen LogP) is 4.57. The smallest absolute Gasteiger partial charge is 0.137 e. The molecule has 0 saturated heterocycles. The Bertz CT molecular complexity index is 930. The summed E-state index contributed by atoms with van der Waals surface area (Å²) in [5, 5.41) is 12.5. The number of aryl methyl sites for hydroxylation is 1. The van der Waals surface area contributed by atoms with Gasteiger partial charge < -0.3 is 13.9 Å². The first-order valence-corrected chi connectivity index (χ1v) is 6.88. The molecule has 3 heteroatoms. The van der Waals surface area contributed by atoms with Gasteiger partial charge in [-0.3, -0.25) is 0 Å². The number of hydrogen-bond acceptors (Lipinski definition) is 3. The first kappa shape index (κ1) is 12.2. The quantitative estimate of drug-likeness (QED) is 0.584. The topological polar surface area (TPSA) is 46.5 Å². The molecule has 2 aromatic carbocycles. The molecule has 0 aliphatic rings. The summed E-state index contributed by atoms with van der Waals surface area (Å²) in [6.07, 6.45) is -0.767. The van der Waals surface area contributed by atoms with Gasteiger partial charge in [-0.05, 0) is 42.8 Å². The van der Waals surface area contributed by atoms with E-state index in [2.05, 4.69) is 0 Å². The zero-order valence-corrected chi connectivity index (χ0v) is 11.5. The van der Waals surface area contributed by atoms with Crippen LogP contribution in [0.2, 0.25) is 0 Å². The van der Waals surface area contributed by atoms with Crippen LogP contribution in [0.25, 0.3) is 21.9 Å². The molecule has 1 unspecified atom stereocenters. The third kappa shape index (κ3) is 1.94. The van der Waals surface area contributed by atoms with Gasteiger partial charge in [0.15, 0.2) is 0 Å². The third-order valence-electron chi connectivity index (χ3n) is 3.75. The molecule has 2 aromatic heterocycles. The summed E-state index contributed by atoms with van der Waals surface area (Å²) in [5.41, 5.74) is 2.47. The number of aliphatic hydroxyl groups is 1. The first-order chi connectivity index (χ1) is 10.2. The van der Waals surface area contributed by atoms with Gasteiger partial charge in [0.1, 0.15) is 28.8 Å². The fourth-order valence-electron chi connectivity index (χ4n) is 2.68. The van der Waals surface area contributed by atoms with Crippen molar-refractivity contribution in [1.82, 2.24) is 0 Å². The zero-order chi connectivity index (χ0) is 14.4. The molecular formula is C18H14O3. The number of para-hydroxylation sites is 1. The van der Waals surface area contributed by atoms with E-state index in [0.717, 1.165) is 33.3 Å². The van der Waals surface area contributed by atoms with Crippen LogP contribution in [0.4, 0.5) is 0 Å². The van der Waals surface area contributed by atoms with Crippen LogP contribution in [0.5, 0.6) is 0 Å². The molecule has 2 heterocycles. The summed E-state index contributed by atoms with van der Waals surface area (Å²) < 4.78 is 11.3. The Morgan fingerprint density at radius 3 is 2.48 bits per heavy atom. The highest BCUT2D eigenvalue weighted by Gasteiger charge is 2.16. The fraction of sp³-hybridized carbons (Fsp3) is 0.111. The number of hydrogen-bond donors (Lipinski definition) is 1. The molecule has 0 amide bonds. The van der Waals surface area contributed by atoms with Crippen LogP contribution in [0.1, 0.15) is 23.2 Å². The first-order valence-electron chi connectivity index (χ1n) is 6.88. The molecule has 0 aliphatic carbocycles. The Labute approximate surface area is 121 Å². The van der Waals surface area contributed by atoms with E-state index in [4.69, 9.17) is 8.83 Å². The van der Waals surface area contributed by atoms with Gasteiger partial charge in [-0.25, -0.2) is 0 Å². The zero-order valence-electron chi connectivity index (χ0n) is 11.5. The van der Waals surface area contributed by atoms with Gasteiger partial charge in [-0.2, -0.15) is 0 Å². The second kappa shape index (κ2) is 4.50. The van der Waals surface area contributed by atoms with Crippen molar-refractivity contribution < 1.29 is 13.9 Å². The van der Waals surface area contributed by atoms with E-state index >= 15 is 0 Å². The second-order valence-corrected chi connectivity index (χ2v) is 5.20. The summed E-state index contributed by atoms with van der Waals surface area (Å²) >= 11 is 0. The van der Waals surface area contributed by atoms with Crippen LogP contribution in [0, 0.1) is 6.92 Å². The van der Waals surface area contributed by atoms with Crippen LogP contribution in [-0.4, -0.2) is 5.11 Å². The van der Waals surface area contributed by atoms with Crippen molar-refractivity contribution in [2.75, 3.05) is 0 Å². The number of rotatable bonds is 2. The van der Waals surface area contributed by atoms with Crippen molar-refractivity contribution in [1.29, 1.82) is 0 Å². The van der Waals surface area contributed by atoms with E-state index < -0.39 is 6.10 Å². The largest absolute Gasteiger partial charge is 0.463 e. The molecule has 104 valence electrons. The maximum atomic E-state index is 10.4. The van der Waals surface area contributed by atoms with E-state index in [0.29, 0.717) is 5.76 Å². The Hall–Kier alpha value is -2.52. The minimum atomic E-state index is -0.767. The van der Waals surface area contributed by atoms with Gasteiger partial charge in [0.05, 0.1) is 0 Å². The molecule has 1 N–H and O–H groups in total. The van der Waals surface area contributed by atoms with Crippen molar-refractivity contribution >= 4 is 21.9 Å².